The minimum atomic E-state index is -0.710. The van der Waals surface area contributed by atoms with Crippen LogP contribution in [0.4, 0.5) is 0 Å². The van der Waals surface area contributed by atoms with E-state index in [0.29, 0.717) is 18.5 Å². The fourth-order valence-corrected chi connectivity index (χ4v) is 1.53. The fraction of sp³-hybridized carbons (Fsp3) is 0.917. The molecule has 0 saturated carbocycles. The molecule has 0 radical (unpaired) electrons. The van der Waals surface area contributed by atoms with E-state index in [4.69, 9.17) is 5.11 Å². The molecule has 3 heteroatoms. The zero-order valence-electron chi connectivity index (χ0n) is 10.9. The van der Waals surface area contributed by atoms with Gasteiger partial charge < -0.3 is 10.0 Å². The second-order valence-corrected chi connectivity index (χ2v) is 5.49. The lowest BCUT2D eigenvalue weighted by Gasteiger charge is -2.39. The number of nitrogens with zero attached hydrogens (tertiary/aromatic N) is 1. The number of carbonyl (C=O) groups is 1. The second-order valence-electron chi connectivity index (χ2n) is 5.49. The second kappa shape index (κ2) is 5.50. The van der Waals surface area contributed by atoms with E-state index < -0.39 is 5.97 Å². The summed E-state index contributed by atoms with van der Waals surface area (Å²) in [6.45, 7) is 10.9. The maximum atomic E-state index is 10.5. The number of hydrogen-bond donors (Lipinski definition) is 1. The van der Waals surface area contributed by atoms with Crippen molar-refractivity contribution in [3.63, 3.8) is 0 Å². The van der Waals surface area contributed by atoms with Gasteiger partial charge in [0.1, 0.15) is 0 Å². The average Bonchev–Trinajstić information content (AvgIpc) is 2.10. The van der Waals surface area contributed by atoms with Crippen molar-refractivity contribution in [1.82, 2.24) is 4.90 Å². The van der Waals surface area contributed by atoms with Crippen LogP contribution in [0, 0.1) is 5.41 Å². The lowest BCUT2D eigenvalue weighted by Crippen LogP contribution is -2.44. The first kappa shape index (κ1) is 14.4. The third-order valence-corrected chi connectivity index (χ3v) is 3.34. The molecule has 15 heavy (non-hydrogen) atoms. The maximum absolute atomic E-state index is 10.5. The molecule has 2 unspecified atom stereocenters. The van der Waals surface area contributed by atoms with Crippen molar-refractivity contribution in [1.29, 1.82) is 0 Å². The number of hydrogen-bond acceptors (Lipinski definition) is 2. The summed E-state index contributed by atoms with van der Waals surface area (Å²) in [6, 6.07) is 0.761. The van der Waals surface area contributed by atoms with E-state index in [1.165, 1.54) is 0 Å². The first-order chi connectivity index (χ1) is 6.66. The Morgan fingerprint density at radius 3 is 2.13 bits per heavy atom. The highest BCUT2D eigenvalue weighted by Gasteiger charge is 2.26. The van der Waals surface area contributed by atoms with E-state index in [-0.39, 0.29) is 11.8 Å². The van der Waals surface area contributed by atoms with Crippen molar-refractivity contribution >= 4 is 5.97 Å². The molecule has 1 N–H and O–H groups in total. The Bertz CT molecular complexity index is 208. The Hall–Kier alpha value is -0.570. The van der Waals surface area contributed by atoms with Crippen molar-refractivity contribution in [3.05, 3.63) is 0 Å². The van der Waals surface area contributed by atoms with E-state index in [9.17, 15) is 4.79 Å². The summed E-state index contributed by atoms with van der Waals surface area (Å²) in [5.74, 6) is -0.710. The molecule has 90 valence electrons. The van der Waals surface area contributed by atoms with E-state index in [1.807, 2.05) is 0 Å². The van der Waals surface area contributed by atoms with Crippen LogP contribution in [-0.2, 0) is 4.79 Å². The quantitative estimate of drug-likeness (QED) is 0.766. The van der Waals surface area contributed by atoms with Gasteiger partial charge in [-0.15, -0.1) is 0 Å². The highest BCUT2D eigenvalue weighted by Crippen LogP contribution is 2.25. The standard InChI is InChI=1S/C12H25NO2/c1-9(7-8-11(14)15)13(6)10(2)12(3,4)5/h9-10H,7-8H2,1-6H3,(H,14,15). The molecule has 0 fully saturated rings. The Morgan fingerprint density at radius 2 is 1.80 bits per heavy atom. The molecule has 0 bridgehead atoms. The molecule has 0 rings (SSSR count). The van der Waals surface area contributed by atoms with Crippen LogP contribution in [0.1, 0.15) is 47.5 Å². The van der Waals surface area contributed by atoms with E-state index >= 15 is 0 Å². The van der Waals surface area contributed by atoms with Gasteiger partial charge in [0.25, 0.3) is 0 Å². The van der Waals surface area contributed by atoms with Gasteiger partial charge in [0.05, 0.1) is 0 Å². The molecule has 0 spiro atoms. The number of carboxylic acids is 1. The monoisotopic (exact) mass is 215 g/mol. The van der Waals surface area contributed by atoms with Gasteiger partial charge in [-0.05, 0) is 32.7 Å². The molecular formula is C12H25NO2. The molecule has 0 aliphatic rings. The zero-order chi connectivity index (χ0) is 12.2. The summed E-state index contributed by atoms with van der Waals surface area (Å²) in [7, 11) is 2.07. The zero-order valence-corrected chi connectivity index (χ0v) is 10.9. The number of aliphatic carboxylic acids is 1. The topological polar surface area (TPSA) is 40.5 Å². The SMILES string of the molecule is CC(CCC(=O)O)N(C)C(C)C(C)(C)C. The van der Waals surface area contributed by atoms with Gasteiger partial charge in [-0.25, -0.2) is 0 Å². The van der Waals surface area contributed by atoms with Gasteiger partial charge >= 0.3 is 5.97 Å². The largest absolute Gasteiger partial charge is 0.481 e. The van der Waals surface area contributed by atoms with Crippen LogP contribution in [0.15, 0.2) is 0 Å². The summed E-state index contributed by atoms with van der Waals surface area (Å²) in [6.07, 6.45) is 0.967. The predicted molar refractivity (Wildman–Crippen MR) is 63.0 cm³/mol. The Morgan fingerprint density at radius 1 is 1.33 bits per heavy atom. The van der Waals surface area contributed by atoms with Gasteiger partial charge in [-0.2, -0.15) is 0 Å². The highest BCUT2D eigenvalue weighted by molar-refractivity contribution is 5.66. The summed E-state index contributed by atoms with van der Waals surface area (Å²) in [5, 5.41) is 8.62. The number of rotatable bonds is 5. The molecule has 0 saturated heterocycles. The van der Waals surface area contributed by atoms with Crippen LogP contribution in [0.5, 0.6) is 0 Å². The Labute approximate surface area is 93.5 Å². The summed E-state index contributed by atoms with van der Waals surface area (Å²) in [5.41, 5.74) is 0.228. The van der Waals surface area contributed by atoms with Gasteiger partial charge in [-0.3, -0.25) is 4.79 Å². The first-order valence-corrected chi connectivity index (χ1v) is 5.60. The van der Waals surface area contributed by atoms with E-state index in [0.717, 1.165) is 0 Å². The van der Waals surface area contributed by atoms with Gasteiger partial charge in [0.2, 0.25) is 0 Å². The summed E-state index contributed by atoms with van der Waals surface area (Å²) >= 11 is 0. The van der Waals surface area contributed by atoms with Crippen molar-refractivity contribution in [2.45, 2.75) is 59.5 Å². The lowest BCUT2D eigenvalue weighted by atomic mass is 9.86. The van der Waals surface area contributed by atoms with Gasteiger partial charge in [-0.1, -0.05) is 20.8 Å². The third-order valence-electron chi connectivity index (χ3n) is 3.34. The normalized spacial score (nSPS) is 16.5. The van der Waals surface area contributed by atoms with Crippen LogP contribution in [-0.4, -0.2) is 35.1 Å². The molecular weight excluding hydrogens is 190 g/mol. The smallest absolute Gasteiger partial charge is 0.303 e. The van der Waals surface area contributed by atoms with Crippen LogP contribution < -0.4 is 0 Å². The fourth-order valence-electron chi connectivity index (χ4n) is 1.53. The van der Waals surface area contributed by atoms with Gasteiger partial charge in [0, 0.05) is 18.5 Å². The van der Waals surface area contributed by atoms with Crippen LogP contribution >= 0.6 is 0 Å². The molecule has 0 aliphatic carbocycles. The molecule has 0 aromatic rings. The van der Waals surface area contributed by atoms with Gasteiger partial charge in [0.15, 0.2) is 0 Å². The average molecular weight is 215 g/mol. The summed E-state index contributed by atoms with van der Waals surface area (Å²) < 4.78 is 0. The maximum Gasteiger partial charge on any atom is 0.303 e. The van der Waals surface area contributed by atoms with Crippen molar-refractivity contribution in [2.24, 2.45) is 5.41 Å². The molecule has 2 atom stereocenters. The van der Waals surface area contributed by atoms with Crippen LogP contribution in [0.3, 0.4) is 0 Å². The minimum Gasteiger partial charge on any atom is -0.481 e. The first-order valence-electron chi connectivity index (χ1n) is 5.60. The summed E-state index contributed by atoms with van der Waals surface area (Å²) in [4.78, 5) is 12.7. The molecule has 0 aromatic heterocycles. The number of carboxylic acid groups (broad SMARTS) is 1. The van der Waals surface area contributed by atoms with Crippen molar-refractivity contribution < 1.29 is 9.90 Å². The van der Waals surface area contributed by atoms with Crippen molar-refractivity contribution in [2.75, 3.05) is 7.05 Å². The minimum absolute atomic E-state index is 0.228. The molecule has 0 amide bonds. The van der Waals surface area contributed by atoms with Crippen molar-refractivity contribution in [3.8, 4) is 0 Å². The third kappa shape index (κ3) is 5.17. The molecule has 3 nitrogen and oxygen atoms in total. The van der Waals surface area contributed by atoms with E-state index in [1.54, 1.807) is 0 Å². The van der Waals surface area contributed by atoms with Crippen LogP contribution in [0.2, 0.25) is 0 Å². The highest BCUT2D eigenvalue weighted by atomic mass is 16.4. The Kier molecular flexibility index (Phi) is 5.29. The molecule has 0 heterocycles. The Balaban J connectivity index is 4.19. The predicted octanol–water partition coefficient (Wildman–Crippen LogP) is 2.61. The molecule has 0 aromatic carbocycles. The van der Waals surface area contributed by atoms with Crippen LogP contribution in [0.25, 0.3) is 0 Å². The molecule has 0 aliphatic heterocycles. The lowest BCUT2D eigenvalue weighted by molar-refractivity contribution is -0.137. The van der Waals surface area contributed by atoms with E-state index in [2.05, 4.69) is 46.6 Å².